The molecule has 0 bridgehead atoms. The molecule has 0 radical (unpaired) electrons. The van der Waals surface area contributed by atoms with E-state index in [9.17, 15) is 4.39 Å². The van der Waals surface area contributed by atoms with Gasteiger partial charge in [0.1, 0.15) is 11.6 Å². The van der Waals surface area contributed by atoms with Gasteiger partial charge in [-0.15, -0.1) is 0 Å². The number of halogens is 1. The molecule has 0 spiro atoms. The molecule has 3 rings (SSSR count). The van der Waals surface area contributed by atoms with Crippen molar-refractivity contribution < 1.29 is 9.13 Å². The van der Waals surface area contributed by atoms with E-state index in [-0.39, 0.29) is 17.8 Å². The average Bonchev–Trinajstić information content (AvgIpc) is 3.14. The summed E-state index contributed by atoms with van der Waals surface area (Å²) < 4.78 is 22.2. The molecule has 0 N–H and O–H groups in total. The van der Waals surface area contributed by atoms with Crippen molar-refractivity contribution in [3.63, 3.8) is 0 Å². The number of nitrogens with zero attached hydrogens (tertiary/aromatic N) is 3. The maximum atomic E-state index is 14.8. The molecule has 2 heterocycles. The van der Waals surface area contributed by atoms with E-state index in [1.54, 1.807) is 19.4 Å². The molecular weight excluding hydrogens is 293 g/mol. The van der Waals surface area contributed by atoms with Crippen molar-refractivity contribution in [3.8, 4) is 11.4 Å². The highest BCUT2D eigenvalue weighted by Gasteiger charge is 2.27. The van der Waals surface area contributed by atoms with Crippen LogP contribution in [-0.2, 0) is 11.8 Å². The third-order valence-electron chi connectivity index (χ3n) is 4.58. The number of hydrogen-bond acceptors (Lipinski definition) is 3. The summed E-state index contributed by atoms with van der Waals surface area (Å²) >= 11 is 0. The second kappa shape index (κ2) is 6.32. The number of aromatic nitrogens is 2. The fourth-order valence-electron chi connectivity index (χ4n) is 3.35. The molecule has 0 saturated carbocycles. The number of hydrogen-bond donors (Lipinski definition) is 0. The van der Waals surface area contributed by atoms with Crippen LogP contribution in [0.1, 0.15) is 31.7 Å². The number of ether oxygens (including phenoxy) is 1. The van der Waals surface area contributed by atoms with Gasteiger partial charge in [0.05, 0.1) is 6.10 Å². The van der Waals surface area contributed by atoms with E-state index in [1.165, 1.54) is 0 Å². The smallest absolute Gasteiger partial charge is 0.139 e. The van der Waals surface area contributed by atoms with Crippen LogP contribution in [-0.4, -0.2) is 35.9 Å². The lowest BCUT2D eigenvalue weighted by Gasteiger charge is -2.25. The second-order valence-corrected chi connectivity index (χ2v) is 6.50. The van der Waals surface area contributed by atoms with Crippen LogP contribution in [0.3, 0.4) is 0 Å². The van der Waals surface area contributed by atoms with E-state index in [2.05, 4.69) is 16.0 Å². The molecule has 0 amide bonds. The number of benzene rings is 1. The Morgan fingerprint density at radius 1 is 1.35 bits per heavy atom. The summed E-state index contributed by atoms with van der Waals surface area (Å²) in [4.78, 5) is 6.59. The lowest BCUT2D eigenvalue weighted by Crippen LogP contribution is -2.24. The minimum absolute atomic E-state index is 0.127. The quantitative estimate of drug-likeness (QED) is 0.863. The maximum Gasteiger partial charge on any atom is 0.139 e. The van der Waals surface area contributed by atoms with Crippen molar-refractivity contribution in [3.05, 3.63) is 35.9 Å². The van der Waals surface area contributed by atoms with Crippen LogP contribution in [0.5, 0.6) is 0 Å². The molecule has 1 aromatic heterocycles. The zero-order chi connectivity index (χ0) is 16.6. The summed E-state index contributed by atoms with van der Waals surface area (Å²) in [5.41, 5.74) is 2.56. The highest BCUT2D eigenvalue weighted by atomic mass is 19.1. The van der Waals surface area contributed by atoms with Crippen molar-refractivity contribution in [2.24, 2.45) is 7.05 Å². The van der Waals surface area contributed by atoms with Gasteiger partial charge in [-0.1, -0.05) is 13.8 Å². The summed E-state index contributed by atoms with van der Waals surface area (Å²) in [7, 11) is 3.66. The first-order chi connectivity index (χ1) is 11.0. The number of imidazole rings is 1. The Labute approximate surface area is 136 Å². The third-order valence-corrected chi connectivity index (χ3v) is 4.58. The minimum Gasteiger partial charge on any atom is -0.380 e. The average molecular weight is 317 g/mol. The molecule has 0 unspecified atom stereocenters. The number of rotatable bonds is 4. The Morgan fingerprint density at radius 2 is 2.13 bits per heavy atom. The van der Waals surface area contributed by atoms with E-state index in [0.29, 0.717) is 0 Å². The lowest BCUT2D eigenvalue weighted by molar-refractivity contribution is 0.121. The predicted molar refractivity (Wildman–Crippen MR) is 90.3 cm³/mol. The van der Waals surface area contributed by atoms with Crippen LogP contribution >= 0.6 is 0 Å². The molecule has 124 valence electrons. The van der Waals surface area contributed by atoms with Gasteiger partial charge < -0.3 is 14.2 Å². The minimum atomic E-state index is -0.156. The first-order valence-electron chi connectivity index (χ1n) is 8.10. The van der Waals surface area contributed by atoms with Crippen LogP contribution in [0, 0.1) is 5.82 Å². The Morgan fingerprint density at radius 3 is 2.70 bits per heavy atom. The zero-order valence-electron chi connectivity index (χ0n) is 14.2. The monoisotopic (exact) mass is 317 g/mol. The molecule has 1 aliphatic rings. The van der Waals surface area contributed by atoms with Gasteiger partial charge in [-0.05, 0) is 24.5 Å². The van der Waals surface area contributed by atoms with Gasteiger partial charge in [0.2, 0.25) is 0 Å². The Hall–Kier alpha value is -1.88. The second-order valence-electron chi connectivity index (χ2n) is 6.50. The van der Waals surface area contributed by atoms with Crippen molar-refractivity contribution >= 4 is 5.69 Å². The van der Waals surface area contributed by atoms with Gasteiger partial charge >= 0.3 is 0 Å². The van der Waals surface area contributed by atoms with E-state index < -0.39 is 0 Å². The molecule has 1 aliphatic heterocycles. The zero-order valence-corrected chi connectivity index (χ0v) is 14.2. The summed E-state index contributed by atoms with van der Waals surface area (Å²) in [5.74, 6) is 0.751. The van der Waals surface area contributed by atoms with Crippen molar-refractivity contribution in [1.82, 2.24) is 9.55 Å². The predicted octanol–water partition coefficient (Wildman–Crippen LogP) is 3.57. The molecule has 5 heteroatoms. The highest BCUT2D eigenvalue weighted by Crippen LogP contribution is 2.36. The van der Waals surface area contributed by atoms with E-state index >= 15 is 0 Å². The van der Waals surface area contributed by atoms with E-state index in [4.69, 9.17) is 4.74 Å². The highest BCUT2D eigenvalue weighted by molar-refractivity contribution is 5.68. The molecule has 1 atom stereocenters. The Bertz CT molecular complexity index is 696. The fourth-order valence-corrected chi connectivity index (χ4v) is 3.35. The molecule has 23 heavy (non-hydrogen) atoms. The van der Waals surface area contributed by atoms with E-state index in [1.807, 2.05) is 31.7 Å². The van der Waals surface area contributed by atoms with Crippen LogP contribution in [0.25, 0.3) is 11.4 Å². The molecule has 0 aliphatic carbocycles. The topological polar surface area (TPSA) is 30.3 Å². The Balaban J connectivity index is 2.08. The van der Waals surface area contributed by atoms with Crippen LogP contribution in [0.2, 0.25) is 0 Å². The third kappa shape index (κ3) is 2.98. The maximum absolute atomic E-state index is 14.8. The molecule has 4 nitrogen and oxygen atoms in total. The van der Waals surface area contributed by atoms with Gasteiger partial charge in [-0.2, -0.15) is 0 Å². The molecular formula is C18H24FN3O. The van der Waals surface area contributed by atoms with Crippen molar-refractivity contribution in [2.45, 2.75) is 32.3 Å². The normalized spacial score (nSPS) is 18.2. The molecule has 1 fully saturated rings. The Kier molecular flexibility index (Phi) is 4.39. The SMILES string of the molecule is CO[C@H]1CCN(c2cc(-c3nccn3C)cc(F)c2C(C)C)C1. The first kappa shape index (κ1) is 16.0. The van der Waals surface area contributed by atoms with Crippen LogP contribution in [0.4, 0.5) is 10.1 Å². The first-order valence-corrected chi connectivity index (χ1v) is 8.10. The van der Waals surface area contributed by atoms with Gasteiger partial charge in [0.25, 0.3) is 0 Å². The van der Waals surface area contributed by atoms with Gasteiger partial charge in [-0.3, -0.25) is 0 Å². The van der Waals surface area contributed by atoms with Gasteiger partial charge in [-0.25, -0.2) is 9.37 Å². The fraction of sp³-hybridized carbons (Fsp3) is 0.500. The number of methoxy groups -OCH3 is 1. The van der Waals surface area contributed by atoms with Crippen LogP contribution < -0.4 is 4.90 Å². The number of aryl methyl sites for hydroxylation is 1. The lowest BCUT2D eigenvalue weighted by atomic mass is 9.97. The van der Waals surface area contributed by atoms with Crippen LogP contribution in [0.15, 0.2) is 24.5 Å². The summed E-state index contributed by atoms with van der Waals surface area (Å²) in [6, 6.07) is 3.67. The molecule has 1 saturated heterocycles. The molecule has 2 aromatic rings. The number of anilines is 1. The summed E-state index contributed by atoms with van der Waals surface area (Å²) in [5, 5.41) is 0. The van der Waals surface area contributed by atoms with Gasteiger partial charge in [0.15, 0.2) is 0 Å². The van der Waals surface area contributed by atoms with Gasteiger partial charge in [0, 0.05) is 56.5 Å². The summed E-state index contributed by atoms with van der Waals surface area (Å²) in [6.07, 6.45) is 4.80. The van der Waals surface area contributed by atoms with Crippen molar-refractivity contribution in [1.29, 1.82) is 0 Å². The standard InChI is InChI=1S/C18H24FN3O/c1-12(2)17-15(19)9-13(18-20-6-8-21(18)3)10-16(17)22-7-5-14(11-22)23-4/h6,8-10,12,14H,5,7,11H2,1-4H3/t14-/m0/s1. The molecule has 1 aromatic carbocycles. The largest absolute Gasteiger partial charge is 0.380 e. The van der Waals surface area contributed by atoms with E-state index in [0.717, 1.165) is 42.1 Å². The summed E-state index contributed by atoms with van der Waals surface area (Å²) in [6.45, 7) is 5.76. The van der Waals surface area contributed by atoms with Crippen molar-refractivity contribution in [2.75, 3.05) is 25.1 Å².